The summed E-state index contributed by atoms with van der Waals surface area (Å²) >= 11 is 0. The number of hydrogen-bond acceptors (Lipinski definition) is 2. The van der Waals surface area contributed by atoms with Gasteiger partial charge >= 0.3 is 0 Å². The second-order valence-electron chi connectivity index (χ2n) is 5.04. The Morgan fingerprint density at radius 3 is 2.07 bits per heavy atom. The molecule has 0 saturated heterocycles. The summed E-state index contributed by atoms with van der Waals surface area (Å²) in [5.41, 5.74) is 0. The van der Waals surface area contributed by atoms with Crippen molar-refractivity contribution >= 4 is 0 Å². The van der Waals surface area contributed by atoms with Gasteiger partial charge in [0.15, 0.2) is 0 Å². The number of rotatable bonds is 9. The molecule has 2 heteroatoms. The fraction of sp³-hybridized carbons (Fsp3) is 1.00. The van der Waals surface area contributed by atoms with Gasteiger partial charge in [-0.3, -0.25) is 0 Å². The van der Waals surface area contributed by atoms with E-state index in [1.165, 1.54) is 32.2 Å². The van der Waals surface area contributed by atoms with E-state index in [1.807, 2.05) is 0 Å². The highest BCUT2D eigenvalue weighted by Gasteiger charge is 2.05. The molecule has 2 nitrogen and oxygen atoms in total. The standard InChI is InChI=1S/C13H29NO/c1-12(2)13(3)15-11-9-7-6-8-10-14(4)5/h12-13H,6-11H2,1-5H3. The molecule has 0 saturated carbocycles. The Morgan fingerprint density at radius 2 is 1.53 bits per heavy atom. The van der Waals surface area contributed by atoms with E-state index >= 15 is 0 Å². The lowest BCUT2D eigenvalue weighted by Crippen LogP contribution is -2.16. The molecule has 1 atom stereocenters. The molecule has 0 bridgehead atoms. The Labute approximate surface area is 96.0 Å². The number of ether oxygens (including phenoxy) is 1. The summed E-state index contributed by atoms with van der Waals surface area (Å²) in [4.78, 5) is 2.25. The average Bonchev–Trinajstić information content (AvgIpc) is 2.15. The van der Waals surface area contributed by atoms with Crippen LogP contribution in [-0.2, 0) is 4.74 Å². The summed E-state index contributed by atoms with van der Waals surface area (Å²) in [6.07, 6.45) is 5.57. The second-order valence-corrected chi connectivity index (χ2v) is 5.04. The van der Waals surface area contributed by atoms with E-state index in [-0.39, 0.29) is 0 Å². The topological polar surface area (TPSA) is 12.5 Å². The van der Waals surface area contributed by atoms with E-state index in [0.717, 1.165) is 6.61 Å². The molecular weight excluding hydrogens is 186 g/mol. The minimum Gasteiger partial charge on any atom is -0.378 e. The molecule has 92 valence electrons. The van der Waals surface area contributed by atoms with Crippen LogP contribution in [0, 0.1) is 5.92 Å². The van der Waals surface area contributed by atoms with Gasteiger partial charge in [-0.2, -0.15) is 0 Å². The van der Waals surface area contributed by atoms with E-state index in [9.17, 15) is 0 Å². The van der Waals surface area contributed by atoms with Gasteiger partial charge in [-0.05, 0) is 46.3 Å². The zero-order chi connectivity index (χ0) is 11.7. The SMILES string of the molecule is CC(C)C(C)OCCCCCCN(C)C. The van der Waals surface area contributed by atoms with Crippen LogP contribution in [0.15, 0.2) is 0 Å². The Balaban J connectivity index is 3.11. The number of unbranched alkanes of at least 4 members (excludes halogenated alkanes) is 3. The van der Waals surface area contributed by atoms with E-state index in [2.05, 4.69) is 39.8 Å². The van der Waals surface area contributed by atoms with E-state index in [4.69, 9.17) is 4.74 Å². The Bertz CT molecular complexity index is 134. The molecule has 0 aromatic heterocycles. The fourth-order valence-electron chi connectivity index (χ4n) is 1.35. The minimum atomic E-state index is 0.409. The normalized spacial score (nSPS) is 13.8. The van der Waals surface area contributed by atoms with Crippen molar-refractivity contribution in [3.8, 4) is 0 Å². The van der Waals surface area contributed by atoms with Gasteiger partial charge in [-0.25, -0.2) is 0 Å². The van der Waals surface area contributed by atoms with Crippen molar-refractivity contribution in [3.63, 3.8) is 0 Å². The van der Waals surface area contributed by atoms with Crippen LogP contribution in [0.2, 0.25) is 0 Å². The molecule has 0 radical (unpaired) electrons. The maximum absolute atomic E-state index is 5.72. The number of nitrogens with zero attached hydrogens (tertiary/aromatic N) is 1. The maximum atomic E-state index is 5.72. The highest BCUT2D eigenvalue weighted by molar-refractivity contribution is 4.54. The summed E-state index contributed by atoms with van der Waals surface area (Å²) in [5, 5.41) is 0. The third-order valence-corrected chi connectivity index (χ3v) is 2.82. The largest absolute Gasteiger partial charge is 0.378 e. The summed E-state index contributed by atoms with van der Waals surface area (Å²) in [7, 11) is 4.26. The number of hydrogen-bond donors (Lipinski definition) is 0. The van der Waals surface area contributed by atoms with Crippen molar-refractivity contribution in [2.45, 2.75) is 52.6 Å². The predicted molar refractivity (Wildman–Crippen MR) is 67.3 cm³/mol. The van der Waals surface area contributed by atoms with Crippen LogP contribution >= 0.6 is 0 Å². The third-order valence-electron chi connectivity index (χ3n) is 2.82. The molecule has 0 N–H and O–H groups in total. The lowest BCUT2D eigenvalue weighted by Gasteiger charge is -2.16. The van der Waals surface area contributed by atoms with Crippen molar-refractivity contribution in [1.82, 2.24) is 4.90 Å². The van der Waals surface area contributed by atoms with Gasteiger partial charge in [0.2, 0.25) is 0 Å². The zero-order valence-electron chi connectivity index (χ0n) is 11.3. The first-order valence-corrected chi connectivity index (χ1v) is 6.30. The molecular formula is C13H29NO. The summed E-state index contributed by atoms with van der Waals surface area (Å²) < 4.78 is 5.72. The van der Waals surface area contributed by atoms with Crippen LogP contribution in [0.3, 0.4) is 0 Å². The predicted octanol–water partition coefficient (Wildman–Crippen LogP) is 3.17. The summed E-state index contributed by atoms with van der Waals surface area (Å²) in [6, 6.07) is 0. The van der Waals surface area contributed by atoms with Gasteiger partial charge in [-0.1, -0.05) is 26.7 Å². The Morgan fingerprint density at radius 1 is 0.933 bits per heavy atom. The Hall–Kier alpha value is -0.0800. The van der Waals surface area contributed by atoms with Crippen molar-refractivity contribution in [3.05, 3.63) is 0 Å². The molecule has 0 aromatic carbocycles. The molecule has 0 amide bonds. The highest BCUT2D eigenvalue weighted by atomic mass is 16.5. The summed E-state index contributed by atoms with van der Waals surface area (Å²) in [5.74, 6) is 0.638. The Kier molecular flexibility index (Phi) is 9.12. The van der Waals surface area contributed by atoms with Crippen LogP contribution in [0.25, 0.3) is 0 Å². The zero-order valence-corrected chi connectivity index (χ0v) is 11.3. The molecule has 1 unspecified atom stereocenters. The molecule has 0 aliphatic carbocycles. The molecule has 0 aliphatic rings. The lowest BCUT2D eigenvalue weighted by molar-refractivity contribution is 0.0331. The third kappa shape index (κ3) is 10.2. The van der Waals surface area contributed by atoms with Gasteiger partial charge in [0, 0.05) is 6.61 Å². The van der Waals surface area contributed by atoms with Crippen molar-refractivity contribution in [1.29, 1.82) is 0 Å². The average molecular weight is 215 g/mol. The van der Waals surface area contributed by atoms with Gasteiger partial charge in [0.1, 0.15) is 0 Å². The molecule has 15 heavy (non-hydrogen) atoms. The first kappa shape index (κ1) is 14.9. The van der Waals surface area contributed by atoms with Crippen molar-refractivity contribution in [2.75, 3.05) is 27.2 Å². The van der Waals surface area contributed by atoms with E-state index in [1.54, 1.807) is 0 Å². The van der Waals surface area contributed by atoms with Crippen LogP contribution < -0.4 is 0 Å². The van der Waals surface area contributed by atoms with Crippen LogP contribution in [-0.4, -0.2) is 38.3 Å². The molecule has 0 heterocycles. The van der Waals surface area contributed by atoms with E-state index < -0.39 is 0 Å². The lowest BCUT2D eigenvalue weighted by atomic mass is 10.1. The molecule has 0 fully saturated rings. The maximum Gasteiger partial charge on any atom is 0.0569 e. The molecule has 0 aromatic rings. The summed E-state index contributed by atoms with van der Waals surface area (Å²) in [6.45, 7) is 8.73. The quantitative estimate of drug-likeness (QED) is 0.548. The molecule has 0 spiro atoms. The highest BCUT2D eigenvalue weighted by Crippen LogP contribution is 2.07. The van der Waals surface area contributed by atoms with Crippen molar-refractivity contribution in [2.24, 2.45) is 5.92 Å². The van der Waals surface area contributed by atoms with Gasteiger partial charge in [-0.15, -0.1) is 0 Å². The first-order chi connectivity index (χ1) is 7.04. The van der Waals surface area contributed by atoms with Gasteiger partial charge in [0.25, 0.3) is 0 Å². The van der Waals surface area contributed by atoms with E-state index in [0.29, 0.717) is 12.0 Å². The monoisotopic (exact) mass is 215 g/mol. The van der Waals surface area contributed by atoms with Crippen LogP contribution in [0.4, 0.5) is 0 Å². The van der Waals surface area contributed by atoms with Gasteiger partial charge < -0.3 is 9.64 Å². The second kappa shape index (κ2) is 9.17. The molecule has 0 aliphatic heterocycles. The van der Waals surface area contributed by atoms with Gasteiger partial charge in [0.05, 0.1) is 6.10 Å². The minimum absolute atomic E-state index is 0.409. The molecule has 0 rings (SSSR count). The van der Waals surface area contributed by atoms with Crippen LogP contribution in [0.1, 0.15) is 46.5 Å². The van der Waals surface area contributed by atoms with Crippen LogP contribution in [0.5, 0.6) is 0 Å². The van der Waals surface area contributed by atoms with Crippen molar-refractivity contribution < 1.29 is 4.74 Å². The smallest absolute Gasteiger partial charge is 0.0569 e. The first-order valence-electron chi connectivity index (χ1n) is 6.30. The fourth-order valence-corrected chi connectivity index (χ4v) is 1.35.